The van der Waals surface area contributed by atoms with Gasteiger partial charge in [0.25, 0.3) is 0 Å². The molecule has 1 aromatic heterocycles. The second-order valence-corrected chi connectivity index (χ2v) is 6.59. The maximum Gasteiger partial charge on any atom is 0.307 e. The standard InChI is InChI=1S/C24H24N2O4/c1-2-22(19-8-6-9-20(17-19)23-11-3-4-12-25-23)26-30-14-13-29-21-10-5-7-18(15-21)16-24(27)28/h3-12,15,17H,2,13-14,16H2,1H3,(H,27,28). The van der Waals surface area contributed by atoms with Crippen LogP contribution in [-0.2, 0) is 16.1 Å². The average Bonchev–Trinajstić information content (AvgIpc) is 2.77. The van der Waals surface area contributed by atoms with Gasteiger partial charge in [0.2, 0.25) is 0 Å². The maximum atomic E-state index is 10.8. The van der Waals surface area contributed by atoms with E-state index in [1.807, 2.05) is 43.3 Å². The van der Waals surface area contributed by atoms with Crippen molar-refractivity contribution < 1.29 is 19.5 Å². The lowest BCUT2D eigenvalue weighted by Crippen LogP contribution is -2.07. The fourth-order valence-electron chi connectivity index (χ4n) is 2.95. The molecule has 30 heavy (non-hydrogen) atoms. The van der Waals surface area contributed by atoms with Gasteiger partial charge in [0.15, 0.2) is 6.61 Å². The van der Waals surface area contributed by atoms with E-state index in [0.29, 0.717) is 17.9 Å². The number of rotatable bonds is 10. The van der Waals surface area contributed by atoms with Crippen LogP contribution in [0.2, 0.25) is 0 Å². The van der Waals surface area contributed by atoms with Crippen LogP contribution in [0.4, 0.5) is 0 Å². The Hall–Kier alpha value is -3.67. The number of nitrogens with zero attached hydrogens (tertiary/aromatic N) is 2. The van der Waals surface area contributed by atoms with Crippen LogP contribution in [0.25, 0.3) is 11.3 Å². The minimum Gasteiger partial charge on any atom is -0.490 e. The number of ether oxygens (including phenoxy) is 1. The molecule has 3 aromatic rings. The fraction of sp³-hybridized carbons (Fsp3) is 0.208. The first-order valence-corrected chi connectivity index (χ1v) is 9.80. The van der Waals surface area contributed by atoms with Gasteiger partial charge in [-0.15, -0.1) is 0 Å². The van der Waals surface area contributed by atoms with Crippen molar-refractivity contribution >= 4 is 11.7 Å². The average molecular weight is 404 g/mol. The molecule has 0 radical (unpaired) electrons. The van der Waals surface area contributed by atoms with Crippen molar-refractivity contribution in [1.82, 2.24) is 4.98 Å². The minimum absolute atomic E-state index is 0.0323. The van der Waals surface area contributed by atoms with Gasteiger partial charge >= 0.3 is 5.97 Å². The third-order valence-electron chi connectivity index (χ3n) is 4.36. The summed E-state index contributed by atoms with van der Waals surface area (Å²) in [6.45, 7) is 2.62. The molecule has 0 fully saturated rings. The van der Waals surface area contributed by atoms with Crippen LogP contribution in [0, 0.1) is 0 Å². The smallest absolute Gasteiger partial charge is 0.307 e. The SMILES string of the molecule is CCC(=NOCCOc1cccc(CC(=O)O)c1)c1cccc(-c2ccccn2)c1. The molecule has 1 N–H and O–H groups in total. The summed E-state index contributed by atoms with van der Waals surface area (Å²) < 4.78 is 5.63. The second-order valence-electron chi connectivity index (χ2n) is 6.59. The lowest BCUT2D eigenvalue weighted by molar-refractivity contribution is -0.136. The summed E-state index contributed by atoms with van der Waals surface area (Å²) >= 11 is 0. The van der Waals surface area contributed by atoms with Gasteiger partial charge in [-0.25, -0.2) is 0 Å². The monoisotopic (exact) mass is 404 g/mol. The van der Waals surface area contributed by atoms with E-state index < -0.39 is 5.97 Å². The molecular weight excluding hydrogens is 380 g/mol. The lowest BCUT2D eigenvalue weighted by Gasteiger charge is -2.09. The highest BCUT2D eigenvalue weighted by Crippen LogP contribution is 2.19. The van der Waals surface area contributed by atoms with Crippen LogP contribution in [0.1, 0.15) is 24.5 Å². The van der Waals surface area contributed by atoms with Gasteiger partial charge < -0.3 is 14.7 Å². The summed E-state index contributed by atoms with van der Waals surface area (Å²) in [7, 11) is 0. The fourth-order valence-corrected chi connectivity index (χ4v) is 2.95. The highest BCUT2D eigenvalue weighted by molar-refractivity contribution is 6.00. The molecule has 0 unspecified atom stereocenters. The van der Waals surface area contributed by atoms with Crippen LogP contribution in [0.5, 0.6) is 5.75 Å². The van der Waals surface area contributed by atoms with E-state index >= 15 is 0 Å². The number of carboxylic acids is 1. The molecular formula is C24H24N2O4. The molecule has 0 spiro atoms. The third-order valence-corrected chi connectivity index (χ3v) is 4.36. The van der Waals surface area contributed by atoms with E-state index in [0.717, 1.165) is 29.0 Å². The number of hydrogen-bond acceptors (Lipinski definition) is 5. The summed E-state index contributed by atoms with van der Waals surface area (Å²) in [6, 6.07) is 20.9. The Morgan fingerprint density at radius 3 is 2.67 bits per heavy atom. The van der Waals surface area contributed by atoms with Crippen molar-refractivity contribution in [2.75, 3.05) is 13.2 Å². The van der Waals surface area contributed by atoms with Crippen molar-refractivity contribution in [2.45, 2.75) is 19.8 Å². The molecule has 0 saturated carbocycles. The number of aliphatic carboxylic acids is 1. The van der Waals surface area contributed by atoms with Gasteiger partial charge in [0.1, 0.15) is 12.4 Å². The summed E-state index contributed by atoms with van der Waals surface area (Å²) in [6.07, 6.45) is 2.47. The number of benzene rings is 2. The first kappa shape index (κ1) is 21.0. The summed E-state index contributed by atoms with van der Waals surface area (Å²) in [4.78, 5) is 20.7. The molecule has 1 heterocycles. The van der Waals surface area contributed by atoms with Gasteiger partial charge in [0, 0.05) is 11.8 Å². The predicted molar refractivity (Wildman–Crippen MR) is 116 cm³/mol. The van der Waals surface area contributed by atoms with Crippen molar-refractivity contribution in [3.05, 3.63) is 84.1 Å². The van der Waals surface area contributed by atoms with E-state index in [-0.39, 0.29) is 13.0 Å². The molecule has 0 amide bonds. The molecule has 0 atom stereocenters. The maximum absolute atomic E-state index is 10.8. The van der Waals surface area contributed by atoms with Gasteiger partial charge in [-0.1, -0.05) is 48.5 Å². The molecule has 0 bridgehead atoms. The Morgan fingerprint density at radius 1 is 1.03 bits per heavy atom. The first-order valence-electron chi connectivity index (χ1n) is 9.80. The molecule has 0 aliphatic rings. The Bertz CT molecular complexity index is 1000. The highest BCUT2D eigenvalue weighted by atomic mass is 16.6. The van der Waals surface area contributed by atoms with Gasteiger partial charge in [-0.05, 0) is 47.9 Å². The first-order chi connectivity index (χ1) is 14.7. The second kappa shape index (κ2) is 10.8. The number of oxime groups is 1. The zero-order valence-corrected chi connectivity index (χ0v) is 16.8. The summed E-state index contributed by atoms with van der Waals surface area (Å²) in [5.41, 5.74) is 4.47. The van der Waals surface area contributed by atoms with Crippen molar-refractivity contribution in [3.63, 3.8) is 0 Å². The zero-order valence-electron chi connectivity index (χ0n) is 16.8. The van der Waals surface area contributed by atoms with Gasteiger partial charge in [-0.3, -0.25) is 9.78 Å². The Morgan fingerprint density at radius 2 is 1.90 bits per heavy atom. The third kappa shape index (κ3) is 6.17. The molecule has 0 aliphatic heterocycles. The topological polar surface area (TPSA) is 81.0 Å². The highest BCUT2D eigenvalue weighted by Gasteiger charge is 2.06. The number of aromatic nitrogens is 1. The number of pyridine rings is 1. The van der Waals surface area contributed by atoms with E-state index in [4.69, 9.17) is 14.7 Å². The van der Waals surface area contributed by atoms with Gasteiger partial charge in [-0.2, -0.15) is 0 Å². The van der Waals surface area contributed by atoms with Crippen LogP contribution < -0.4 is 4.74 Å². The lowest BCUT2D eigenvalue weighted by atomic mass is 10.0. The largest absolute Gasteiger partial charge is 0.490 e. The number of carboxylic acid groups (broad SMARTS) is 1. The zero-order chi connectivity index (χ0) is 21.2. The van der Waals surface area contributed by atoms with Crippen LogP contribution in [-0.4, -0.2) is 35.0 Å². The Labute approximate surface area is 175 Å². The van der Waals surface area contributed by atoms with Crippen LogP contribution in [0.3, 0.4) is 0 Å². The Kier molecular flexibility index (Phi) is 7.55. The minimum atomic E-state index is -0.871. The molecule has 6 heteroatoms. The summed E-state index contributed by atoms with van der Waals surface area (Å²) in [5, 5.41) is 13.1. The molecule has 6 nitrogen and oxygen atoms in total. The summed E-state index contributed by atoms with van der Waals surface area (Å²) in [5.74, 6) is -0.260. The van der Waals surface area contributed by atoms with Crippen molar-refractivity contribution in [3.8, 4) is 17.0 Å². The predicted octanol–water partition coefficient (Wildman–Crippen LogP) is 4.59. The number of hydrogen-bond donors (Lipinski definition) is 1. The molecule has 154 valence electrons. The van der Waals surface area contributed by atoms with Gasteiger partial charge in [0.05, 0.1) is 17.8 Å². The normalized spacial score (nSPS) is 11.2. The van der Waals surface area contributed by atoms with Crippen molar-refractivity contribution in [2.24, 2.45) is 5.16 Å². The van der Waals surface area contributed by atoms with E-state index in [1.54, 1.807) is 30.5 Å². The van der Waals surface area contributed by atoms with E-state index in [1.165, 1.54) is 0 Å². The van der Waals surface area contributed by atoms with Crippen molar-refractivity contribution in [1.29, 1.82) is 0 Å². The molecule has 0 saturated heterocycles. The van der Waals surface area contributed by atoms with Crippen LogP contribution in [0.15, 0.2) is 78.1 Å². The molecule has 0 aliphatic carbocycles. The van der Waals surface area contributed by atoms with E-state index in [9.17, 15) is 4.79 Å². The van der Waals surface area contributed by atoms with E-state index in [2.05, 4.69) is 16.2 Å². The van der Waals surface area contributed by atoms with Crippen LogP contribution >= 0.6 is 0 Å². The molecule has 3 rings (SSSR count). The quantitative estimate of drug-likeness (QED) is 0.304. The molecule has 2 aromatic carbocycles. The Balaban J connectivity index is 1.56. The number of carbonyl (C=O) groups is 1.